The van der Waals surface area contributed by atoms with Crippen molar-refractivity contribution in [2.24, 2.45) is 0 Å². The normalized spacial score (nSPS) is 10.9. The summed E-state index contributed by atoms with van der Waals surface area (Å²) in [5.41, 5.74) is -0.216. The van der Waals surface area contributed by atoms with Crippen molar-refractivity contribution in [2.75, 3.05) is 0 Å². The first-order chi connectivity index (χ1) is 9.82. The number of ketones is 2. The zero-order chi connectivity index (χ0) is 16.0. The van der Waals surface area contributed by atoms with E-state index in [2.05, 4.69) is 0 Å². The van der Waals surface area contributed by atoms with E-state index in [0.717, 1.165) is 18.9 Å². The van der Waals surface area contributed by atoms with Gasteiger partial charge in [-0.2, -0.15) is 0 Å². The monoisotopic (exact) mass is 334 g/mol. The Labute approximate surface area is 153 Å². The van der Waals surface area contributed by atoms with Crippen LogP contribution < -0.4 is 29.6 Å². The molecule has 5 nitrogen and oxygen atoms in total. The van der Waals surface area contributed by atoms with Gasteiger partial charge in [-0.3, -0.25) is 9.59 Å². The molecular weight excluding hydrogens is 315 g/mol. The molecule has 0 aromatic heterocycles. The third-order valence-corrected chi connectivity index (χ3v) is 4.08. The quantitative estimate of drug-likeness (QED) is 0.288. The number of benzene rings is 1. The first kappa shape index (κ1) is 21.5. The van der Waals surface area contributed by atoms with Crippen molar-refractivity contribution in [3.05, 3.63) is 29.3 Å². The average Bonchev–Trinajstić information content (AvgIpc) is 2.44. The molecule has 0 heterocycles. The van der Waals surface area contributed by atoms with Crippen LogP contribution in [0.3, 0.4) is 0 Å². The van der Waals surface area contributed by atoms with Crippen molar-refractivity contribution in [1.29, 1.82) is 0 Å². The van der Waals surface area contributed by atoms with Crippen LogP contribution in [0.5, 0.6) is 0 Å². The fourth-order valence-corrected chi connectivity index (χ4v) is 2.83. The summed E-state index contributed by atoms with van der Waals surface area (Å²) >= 11 is 0. The average molecular weight is 334 g/mol. The van der Waals surface area contributed by atoms with Crippen molar-refractivity contribution >= 4 is 21.7 Å². The fraction of sp³-hybridized carbons (Fsp3) is 0.467. The fourth-order valence-electron chi connectivity index (χ4n) is 2.11. The molecule has 0 radical (unpaired) electrons. The first-order valence-electron chi connectivity index (χ1n) is 6.98. The van der Waals surface area contributed by atoms with E-state index in [1.807, 2.05) is 6.92 Å². The molecule has 1 rings (SSSR count). The molecule has 0 saturated heterocycles. The minimum atomic E-state index is -4.79. The number of carbonyl (C=O) groups excluding carboxylic acids is 2. The SMILES string of the molecule is CCCCCC(=O)c1cccc(S(=O)(=O)[O-])c1C(=O)CC.[Na+]. The molecule has 1 aromatic carbocycles. The maximum atomic E-state index is 12.2. The van der Waals surface area contributed by atoms with Crippen LogP contribution in [0.4, 0.5) is 0 Å². The Morgan fingerprint density at radius 2 is 1.73 bits per heavy atom. The summed E-state index contributed by atoms with van der Waals surface area (Å²) in [6.45, 7) is 3.56. The smallest absolute Gasteiger partial charge is 0.744 e. The molecule has 0 N–H and O–H groups in total. The van der Waals surface area contributed by atoms with E-state index in [1.165, 1.54) is 12.1 Å². The van der Waals surface area contributed by atoms with Crippen LogP contribution in [0.2, 0.25) is 0 Å². The molecule has 0 aliphatic heterocycles. The van der Waals surface area contributed by atoms with Gasteiger partial charge in [0.15, 0.2) is 11.6 Å². The van der Waals surface area contributed by atoms with E-state index in [-0.39, 0.29) is 59.3 Å². The van der Waals surface area contributed by atoms with Crippen LogP contribution in [-0.2, 0) is 10.1 Å². The number of hydrogen-bond donors (Lipinski definition) is 0. The second kappa shape index (κ2) is 9.57. The standard InChI is InChI=1S/C15H20O5S.Na/c1-3-5-6-9-13(17)11-8-7-10-14(21(18,19)20)15(11)12(16)4-2;/h7-8,10H,3-6,9H2,1-2H3,(H,18,19,20);/q;+1/p-1. The largest absolute Gasteiger partial charge is 1.00 e. The molecule has 0 amide bonds. The minimum absolute atomic E-state index is 0. The zero-order valence-corrected chi connectivity index (χ0v) is 16.0. The van der Waals surface area contributed by atoms with Gasteiger partial charge in [-0.25, -0.2) is 8.42 Å². The van der Waals surface area contributed by atoms with Gasteiger partial charge < -0.3 is 4.55 Å². The summed E-state index contributed by atoms with van der Waals surface area (Å²) in [4.78, 5) is 23.6. The van der Waals surface area contributed by atoms with Crippen molar-refractivity contribution in [2.45, 2.75) is 50.8 Å². The Kier molecular flexibility index (Phi) is 9.34. The van der Waals surface area contributed by atoms with Crippen LogP contribution >= 0.6 is 0 Å². The van der Waals surface area contributed by atoms with Crippen molar-refractivity contribution < 1.29 is 52.1 Å². The Bertz CT molecular complexity index is 637. The molecule has 1 aromatic rings. The van der Waals surface area contributed by atoms with Crippen LogP contribution in [0.25, 0.3) is 0 Å². The predicted molar refractivity (Wildman–Crippen MR) is 77.5 cm³/mol. The van der Waals surface area contributed by atoms with E-state index in [0.29, 0.717) is 6.42 Å². The Morgan fingerprint density at radius 1 is 1.09 bits per heavy atom. The Balaban J connectivity index is 0.00000441. The van der Waals surface area contributed by atoms with Crippen molar-refractivity contribution in [3.63, 3.8) is 0 Å². The van der Waals surface area contributed by atoms with Gasteiger partial charge in [-0.15, -0.1) is 0 Å². The maximum absolute atomic E-state index is 12.2. The van der Waals surface area contributed by atoms with E-state index in [9.17, 15) is 22.6 Å². The van der Waals surface area contributed by atoms with Gasteiger partial charge in [-0.1, -0.05) is 38.8 Å². The van der Waals surface area contributed by atoms with E-state index in [1.54, 1.807) is 6.92 Å². The number of unbranched alkanes of at least 4 members (excludes halogenated alkanes) is 2. The number of rotatable bonds is 8. The van der Waals surface area contributed by atoms with E-state index in [4.69, 9.17) is 0 Å². The summed E-state index contributed by atoms with van der Waals surface area (Å²) in [6.07, 6.45) is 2.76. The van der Waals surface area contributed by atoms with Gasteiger partial charge in [0.25, 0.3) is 0 Å². The predicted octanol–water partition coefficient (Wildman–Crippen LogP) is -0.0496. The molecule has 0 aliphatic carbocycles. The Morgan fingerprint density at radius 3 is 2.23 bits per heavy atom. The molecule has 0 spiro atoms. The van der Waals surface area contributed by atoms with Crippen molar-refractivity contribution in [1.82, 2.24) is 0 Å². The molecule has 0 fully saturated rings. The van der Waals surface area contributed by atoms with Crippen LogP contribution in [-0.4, -0.2) is 24.5 Å². The maximum Gasteiger partial charge on any atom is 1.00 e. The van der Waals surface area contributed by atoms with Crippen LogP contribution in [0.1, 0.15) is 66.7 Å². The molecule has 7 heteroatoms. The summed E-state index contributed by atoms with van der Waals surface area (Å²) < 4.78 is 33.9. The Hall–Kier alpha value is -0.530. The molecule has 0 saturated carbocycles. The van der Waals surface area contributed by atoms with Gasteiger partial charge in [0.05, 0.1) is 4.90 Å². The molecule has 0 unspecified atom stereocenters. The van der Waals surface area contributed by atoms with Crippen LogP contribution in [0, 0.1) is 0 Å². The summed E-state index contributed by atoms with van der Waals surface area (Å²) in [5, 5.41) is 0. The number of Topliss-reactive ketones (excluding diaryl/α,β-unsaturated/α-hetero) is 2. The minimum Gasteiger partial charge on any atom is -0.744 e. The van der Waals surface area contributed by atoms with Crippen LogP contribution in [0.15, 0.2) is 23.1 Å². The van der Waals surface area contributed by atoms with Crippen molar-refractivity contribution in [3.8, 4) is 0 Å². The molecule has 22 heavy (non-hydrogen) atoms. The third kappa shape index (κ3) is 5.59. The zero-order valence-electron chi connectivity index (χ0n) is 13.2. The summed E-state index contributed by atoms with van der Waals surface area (Å²) in [7, 11) is -4.79. The van der Waals surface area contributed by atoms with Gasteiger partial charge >= 0.3 is 29.6 Å². The van der Waals surface area contributed by atoms with Gasteiger partial charge in [0, 0.05) is 24.0 Å². The second-order valence-electron chi connectivity index (χ2n) is 4.79. The number of carbonyl (C=O) groups is 2. The molecule has 0 atom stereocenters. The topological polar surface area (TPSA) is 91.3 Å². The number of hydrogen-bond acceptors (Lipinski definition) is 5. The van der Waals surface area contributed by atoms with Gasteiger partial charge in [0.2, 0.25) is 0 Å². The molecule has 0 bridgehead atoms. The second-order valence-corrected chi connectivity index (χ2v) is 6.14. The summed E-state index contributed by atoms with van der Waals surface area (Å²) in [5.74, 6) is -0.811. The molecular formula is C15H19NaO5S. The van der Waals surface area contributed by atoms with E-state index < -0.39 is 20.8 Å². The first-order valence-corrected chi connectivity index (χ1v) is 8.39. The third-order valence-electron chi connectivity index (χ3n) is 3.20. The summed E-state index contributed by atoms with van der Waals surface area (Å²) in [6, 6.07) is 3.81. The molecule has 116 valence electrons. The molecule has 0 aliphatic rings. The van der Waals surface area contributed by atoms with Gasteiger partial charge in [0.1, 0.15) is 10.1 Å². The van der Waals surface area contributed by atoms with E-state index >= 15 is 0 Å². The van der Waals surface area contributed by atoms with Gasteiger partial charge in [-0.05, 0) is 12.5 Å².